The summed E-state index contributed by atoms with van der Waals surface area (Å²) in [7, 11) is 0. The van der Waals surface area contributed by atoms with Crippen LogP contribution in [-0.4, -0.2) is 18.2 Å². The molecular formula is C15H22BrNO2. The Morgan fingerprint density at radius 1 is 1.26 bits per heavy atom. The van der Waals surface area contributed by atoms with Gasteiger partial charge in [-0.2, -0.15) is 0 Å². The van der Waals surface area contributed by atoms with Crippen molar-refractivity contribution in [3.63, 3.8) is 0 Å². The van der Waals surface area contributed by atoms with E-state index in [1.165, 1.54) is 5.56 Å². The molecule has 1 aromatic rings. The molecule has 3 nitrogen and oxygen atoms in total. The number of nitrogens with one attached hydrogen (secondary N) is 1. The van der Waals surface area contributed by atoms with Crippen molar-refractivity contribution in [1.82, 2.24) is 5.32 Å². The normalized spacial score (nSPS) is 11.2. The summed E-state index contributed by atoms with van der Waals surface area (Å²) in [5.74, 6) is 0. The molecule has 4 heteroatoms. The number of carbonyl (C=O) groups is 1. The van der Waals surface area contributed by atoms with Gasteiger partial charge in [-0.3, -0.25) is 0 Å². The minimum Gasteiger partial charge on any atom is -0.444 e. The molecule has 0 aliphatic carbocycles. The number of amides is 1. The number of hydrogen-bond acceptors (Lipinski definition) is 2. The first kappa shape index (κ1) is 16.0. The molecule has 0 saturated heterocycles. The number of hydrogen-bond donors (Lipinski definition) is 1. The van der Waals surface area contributed by atoms with E-state index < -0.39 is 5.60 Å². The summed E-state index contributed by atoms with van der Waals surface area (Å²) in [6.07, 6.45) is 2.66. The van der Waals surface area contributed by atoms with Gasteiger partial charge < -0.3 is 10.1 Å². The van der Waals surface area contributed by atoms with Crippen LogP contribution in [0.5, 0.6) is 0 Å². The lowest BCUT2D eigenvalue weighted by Gasteiger charge is -2.19. The van der Waals surface area contributed by atoms with Crippen molar-refractivity contribution in [3.8, 4) is 0 Å². The number of aryl methyl sites for hydroxylation is 1. The van der Waals surface area contributed by atoms with E-state index in [0.29, 0.717) is 6.54 Å². The largest absolute Gasteiger partial charge is 0.444 e. The molecule has 1 N–H and O–H groups in total. The van der Waals surface area contributed by atoms with Crippen molar-refractivity contribution >= 4 is 22.0 Å². The molecule has 0 saturated carbocycles. The van der Waals surface area contributed by atoms with E-state index in [4.69, 9.17) is 4.74 Å². The van der Waals surface area contributed by atoms with Crippen molar-refractivity contribution < 1.29 is 9.53 Å². The lowest BCUT2D eigenvalue weighted by molar-refractivity contribution is 0.0527. The number of unbranched alkanes of at least 4 members (excludes halogenated alkanes) is 1. The van der Waals surface area contributed by atoms with Crippen molar-refractivity contribution in [3.05, 3.63) is 34.3 Å². The fraction of sp³-hybridized carbons (Fsp3) is 0.533. The van der Waals surface area contributed by atoms with E-state index in [-0.39, 0.29) is 6.09 Å². The molecule has 0 heterocycles. The molecule has 1 rings (SSSR count). The van der Waals surface area contributed by atoms with Crippen molar-refractivity contribution in [2.24, 2.45) is 0 Å². The maximum absolute atomic E-state index is 11.4. The van der Waals surface area contributed by atoms with Crippen LogP contribution in [0.3, 0.4) is 0 Å². The molecule has 0 fully saturated rings. The third-order valence-electron chi connectivity index (χ3n) is 2.50. The number of alkyl carbamates (subject to hydrolysis) is 1. The van der Waals surface area contributed by atoms with Gasteiger partial charge in [0, 0.05) is 11.0 Å². The minimum atomic E-state index is -0.432. The zero-order valence-electron chi connectivity index (χ0n) is 11.8. The highest BCUT2D eigenvalue weighted by Gasteiger charge is 2.15. The number of carbonyl (C=O) groups excluding carboxylic acids is 1. The van der Waals surface area contributed by atoms with Gasteiger partial charge in [0.05, 0.1) is 0 Å². The predicted molar refractivity (Wildman–Crippen MR) is 81.3 cm³/mol. The van der Waals surface area contributed by atoms with Gasteiger partial charge in [0.2, 0.25) is 0 Å². The molecule has 0 aromatic heterocycles. The molecule has 0 unspecified atom stereocenters. The smallest absolute Gasteiger partial charge is 0.407 e. The fourth-order valence-electron chi connectivity index (χ4n) is 1.65. The topological polar surface area (TPSA) is 38.3 Å². The molecule has 0 radical (unpaired) electrons. The van der Waals surface area contributed by atoms with Crippen molar-refractivity contribution in [2.45, 2.75) is 45.6 Å². The summed E-state index contributed by atoms with van der Waals surface area (Å²) in [6, 6.07) is 8.22. The zero-order chi connectivity index (χ0) is 14.3. The van der Waals surface area contributed by atoms with Gasteiger partial charge in [0.25, 0.3) is 0 Å². The Hall–Kier alpha value is -1.03. The Labute approximate surface area is 123 Å². The summed E-state index contributed by atoms with van der Waals surface area (Å²) >= 11 is 3.53. The summed E-state index contributed by atoms with van der Waals surface area (Å²) in [6.45, 7) is 6.23. The maximum atomic E-state index is 11.4. The average molecular weight is 328 g/mol. The highest BCUT2D eigenvalue weighted by Crippen LogP contribution is 2.17. The molecule has 1 amide bonds. The second-order valence-electron chi connectivity index (χ2n) is 5.48. The summed E-state index contributed by atoms with van der Waals surface area (Å²) in [5, 5.41) is 2.77. The van der Waals surface area contributed by atoms with Gasteiger partial charge in [-0.05, 0) is 51.7 Å². The lowest BCUT2D eigenvalue weighted by atomic mass is 10.1. The Morgan fingerprint density at radius 3 is 2.58 bits per heavy atom. The van der Waals surface area contributed by atoms with Crippen LogP contribution in [-0.2, 0) is 11.2 Å². The molecule has 0 atom stereocenters. The average Bonchev–Trinajstić information content (AvgIpc) is 2.28. The van der Waals surface area contributed by atoms with Gasteiger partial charge in [-0.1, -0.05) is 34.1 Å². The van der Waals surface area contributed by atoms with E-state index in [1.807, 2.05) is 39.0 Å². The van der Waals surface area contributed by atoms with Crippen molar-refractivity contribution in [1.29, 1.82) is 0 Å². The van der Waals surface area contributed by atoms with E-state index in [2.05, 4.69) is 27.3 Å². The van der Waals surface area contributed by atoms with Crippen LogP contribution in [0.25, 0.3) is 0 Å². The number of rotatable bonds is 5. The summed E-state index contributed by atoms with van der Waals surface area (Å²) in [4.78, 5) is 11.4. The lowest BCUT2D eigenvalue weighted by Crippen LogP contribution is -2.33. The molecule has 0 aliphatic rings. The number of ether oxygens (including phenoxy) is 1. The molecule has 1 aromatic carbocycles. The van der Waals surface area contributed by atoms with Gasteiger partial charge in [0.1, 0.15) is 5.60 Å². The second-order valence-corrected chi connectivity index (χ2v) is 6.33. The first-order chi connectivity index (χ1) is 8.88. The Morgan fingerprint density at radius 2 is 1.95 bits per heavy atom. The first-order valence-corrected chi connectivity index (χ1v) is 7.38. The number of halogens is 1. The van der Waals surface area contributed by atoms with Crippen LogP contribution in [0, 0.1) is 0 Å². The third kappa shape index (κ3) is 7.21. The van der Waals surface area contributed by atoms with Crippen LogP contribution in [0.1, 0.15) is 39.2 Å². The van der Waals surface area contributed by atoms with E-state index in [1.54, 1.807) is 0 Å². The third-order valence-corrected chi connectivity index (χ3v) is 3.27. The first-order valence-electron chi connectivity index (χ1n) is 6.59. The predicted octanol–water partition coefficient (Wildman–Crippen LogP) is 4.30. The monoisotopic (exact) mass is 327 g/mol. The second kappa shape index (κ2) is 7.53. The quantitative estimate of drug-likeness (QED) is 0.819. The van der Waals surface area contributed by atoms with Gasteiger partial charge in [-0.15, -0.1) is 0 Å². The standard InChI is InChI=1S/C15H22BrNO2/c1-15(2,3)19-14(18)17-11-7-6-9-12-8-4-5-10-13(12)16/h4-5,8,10H,6-7,9,11H2,1-3H3,(H,17,18). The van der Waals surface area contributed by atoms with Crippen LogP contribution < -0.4 is 5.32 Å². The zero-order valence-corrected chi connectivity index (χ0v) is 13.4. The highest BCUT2D eigenvalue weighted by atomic mass is 79.9. The molecule has 19 heavy (non-hydrogen) atoms. The van der Waals surface area contributed by atoms with Crippen LogP contribution in [0.4, 0.5) is 4.79 Å². The van der Waals surface area contributed by atoms with Crippen LogP contribution in [0.15, 0.2) is 28.7 Å². The Balaban J connectivity index is 2.15. The molecule has 0 bridgehead atoms. The molecule has 0 aliphatic heterocycles. The fourth-order valence-corrected chi connectivity index (χ4v) is 2.13. The van der Waals surface area contributed by atoms with E-state index in [9.17, 15) is 4.79 Å². The van der Waals surface area contributed by atoms with Crippen molar-refractivity contribution in [2.75, 3.05) is 6.54 Å². The summed E-state index contributed by atoms with van der Waals surface area (Å²) in [5.41, 5.74) is 0.874. The minimum absolute atomic E-state index is 0.339. The SMILES string of the molecule is CC(C)(C)OC(=O)NCCCCc1ccccc1Br. The molecule has 106 valence electrons. The van der Waals surface area contributed by atoms with Gasteiger partial charge in [-0.25, -0.2) is 4.79 Å². The maximum Gasteiger partial charge on any atom is 0.407 e. The van der Waals surface area contributed by atoms with Crippen LogP contribution in [0.2, 0.25) is 0 Å². The molecule has 0 spiro atoms. The summed E-state index contributed by atoms with van der Waals surface area (Å²) < 4.78 is 6.31. The van der Waals surface area contributed by atoms with E-state index in [0.717, 1.165) is 23.7 Å². The van der Waals surface area contributed by atoms with Gasteiger partial charge >= 0.3 is 6.09 Å². The molecular weight excluding hydrogens is 306 g/mol. The number of benzene rings is 1. The Kier molecular flexibility index (Phi) is 6.35. The highest BCUT2D eigenvalue weighted by molar-refractivity contribution is 9.10. The van der Waals surface area contributed by atoms with Gasteiger partial charge in [0.15, 0.2) is 0 Å². The van der Waals surface area contributed by atoms with Crippen LogP contribution >= 0.6 is 15.9 Å². The Bertz CT molecular complexity index is 413. The van der Waals surface area contributed by atoms with E-state index >= 15 is 0 Å².